The van der Waals surface area contributed by atoms with E-state index in [1.165, 1.54) is 55.4 Å². The Hall–Kier alpha value is -5.64. The topological polar surface area (TPSA) is 307 Å². The number of hydrogen-bond acceptors (Lipinski definition) is 17. The molecule has 4 aromatic rings. The van der Waals surface area contributed by atoms with Crippen molar-refractivity contribution < 1.29 is 69.2 Å². The third-order valence-corrected chi connectivity index (χ3v) is 29.5. The number of ether oxygens (including phenoxy) is 7. The van der Waals surface area contributed by atoms with Gasteiger partial charge in [-0.25, -0.2) is 45.5 Å². The maximum absolute atomic E-state index is 13.6. The van der Waals surface area contributed by atoms with E-state index >= 15 is 0 Å². The molecule has 0 aromatic heterocycles. The van der Waals surface area contributed by atoms with Gasteiger partial charge in [0.2, 0.25) is 20.0 Å². The molecule has 0 bridgehead atoms. The largest absolute Gasteiger partial charge is 0.446 e. The molecular formula is C86H125Cl4N11O15S2. The summed E-state index contributed by atoms with van der Waals surface area (Å²) in [5, 5.41) is 18.9. The SMILES string of the molecule is CC(C)CCC[C@@H](C)[C@H]1CC[C@H]2[C@@H]3CC=C4C[C@@H](OC(=O)NCCOCCOCCNC(=O)N(CCNC(=O)NCCOCCOCCNS(=O)(=O)c5cccc([C@@H]6CN(C)Cc7c(Cl)cc(Cl)cc76)c5)CCNC(=O)NCCOCCOCCNS(=O)(=O)c5cccc([C@@H]6CN(C)Cc7c(Cl)cc(Cl)cc76)c5)CC[C@]4(C)[C@H]3C3CC3[C@]12C. The second-order valence-corrected chi connectivity index (χ2v) is 39.1. The Morgan fingerprint density at radius 2 is 1.03 bits per heavy atom. The maximum atomic E-state index is 13.6. The number of allylic oxidation sites excluding steroid dienone is 1. The Morgan fingerprint density at radius 1 is 0.551 bits per heavy atom. The Morgan fingerprint density at radius 3 is 1.53 bits per heavy atom. The molecule has 2 unspecified atom stereocenters. The minimum absolute atomic E-state index is 0.0320. The summed E-state index contributed by atoms with van der Waals surface area (Å²) in [7, 11) is -3.74. The third kappa shape index (κ3) is 25.1. The van der Waals surface area contributed by atoms with Gasteiger partial charge in [0.15, 0.2) is 0 Å². The van der Waals surface area contributed by atoms with Gasteiger partial charge in [-0.1, -0.05) is 136 Å². The smallest absolute Gasteiger partial charge is 0.407 e. The zero-order valence-electron chi connectivity index (χ0n) is 69.6. The summed E-state index contributed by atoms with van der Waals surface area (Å²) >= 11 is 25.9. The molecule has 118 heavy (non-hydrogen) atoms. The summed E-state index contributed by atoms with van der Waals surface area (Å²) in [6, 6.07) is 19.5. The fourth-order valence-corrected chi connectivity index (χ4v) is 23.1. The number of halogens is 4. The van der Waals surface area contributed by atoms with Crippen molar-refractivity contribution in [3.63, 3.8) is 0 Å². The molecular weight excluding hydrogens is 1630 g/mol. The Kier molecular flexibility index (Phi) is 34.8. The zero-order chi connectivity index (χ0) is 84.2. The number of sulfonamides is 2. The third-order valence-electron chi connectivity index (χ3n) is 25.4. The summed E-state index contributed by atoms with van der Waals surface area (Å²) in [6.07, 6.45) is 14.2. The van der Waals surface area contributed by atoms with Crippen LogP contribution in [0.1, 0.15) is 144 Å². The van der Waals surface area contributed by atoms with E-state index in [-0.39, 0.29) is 178 Å². The van der Waals surface area contributed by atoms with Crippen molar-refractivity contribution in [2.45, 2.75) is 140 Å². The van der Waals surface area contributed by atoms with Gasteiger partial charge in [-0.3, -0.25) is 0 Å². The molecule has 0 saturated heterocycles. The lowest BCUT2D eigenvalue weighted by Crippen LogP contribution is -2.52. The van der Waals surface area contributed by atoms with Crippen molar-refractivity contribution in [3.05, 3.63) is 138 Å². The molecule has 32 heteroatoms. The second kappa shape index (κ2) is 44.1. The van der Waals surface area contributed by atoms with Crippen LogP contribution in [0, 0.1) is 58.2 Å². The number of nitrogens with zero attached hydrogens (tertiary/aromatic N) is 3. The standard InChI is InChI=1S/C86H125Cl4N11O15S2/c1-57(2)11-8-12-58(3)75-19-20-76-67-18-17-61-47-64(21-22-85(61,4)80(67)70-52-77(70)86(75,76)5)116-84(105)96-28-36-113-40-39-112-35-27-95-83(104)101(31-23-91-81(102)93-25-33-110-41-43-114-37-29-97-117(106,107)65-15-9-13-59(45-65)71-53-99(6)55-73-68(71)48-62(87)50-78(73)89)32-24-92-82(103)94-26-34-111-42-44-115-38-30-98-118(108,109)66-16-10-14-60(46-66)72-54-100(7)56-74-69(72)49-63(88)51-79(74)90/h9-10,13-17,45-46,48-51,57-58,64,67,70-72,75-77,80,97-98H,8,11-12,18-44,47,52-56H2,1-7H3,(H,95,104)(H,96,105)(H2,91,93,102)(H2,92,94,103)/t58-,64+,67+,70?,71+,72+,75-,76+,77?,80-,85+,86-/m1/s1. The highest BCUT2D eigenvalue weighted by Gasteiger charge is 2.71. The number of alkyl carbamates (subject to hydrolysis) is 1. The fourth-order valence-electron chi connectivity index (χ4n) is 19.8. The summed E-state index contributed by atoms with van der Waals surface area (Å²) in [4.78, 5) is 58.3. The highest BCUT2D eigenvalue weighted by Crippen LogP contribution is 2.77. The number of urea groups is 3. The van der Waals surface area contributed by atoms with Crippen LogP contribution in [0.2, 0.25) is 20.1 Å². The summed E-state index contributed by atoms with van der Waals surface area (Å²) in [6.45, 7) is 18.5. The number of carbonyl (C=O) groups excluding carboxylic acids is 4. The van der Waals surface area contributed by atoms with Crippen LogP contribution in [0.3, 0.4) is 0 Å². The van der Waals surface area contributed by atoms with E-state index in [0.29, 0.717) is 51.7 Å². The van der Waals surface area contributed by atoms with Gasteiger partial charge in [0.05, 0.1) is 89.1 Å². The quantitative estimate of drug-likeness (QED) is 0.0151. The van der Waals surface area contributed by atoms with E-state index in [1.807, 2.05) is 38.4 Å². The van der Waals surface area contributed by atoms with Crippen molar-refractivity contribution in [2.75, 3.05) is 172 Å². The Bertz CT molecular complexity index is 4110. The monoisotopic (exact) mass is 1760 g/mol. The van der Waals surface area contributed by atoms with Crippen molar-refractivity contribution in [2.24, 2.45) is 58.2 Å². The first-order chi connectivity index (χ1) is 56.6. The first-order valence-electron chi connectivity index (χ1n) is 42.3. The van der Waals surface area contributed by atoms with E-state index in [4.69, 9.17) is 79.6 Å². The highest BCUT2D eigenvalue weighted by molar-refractivity contribution is 7.89. The number of likely N-dealkylation sites (N-methyl/N-ethyl adjacent to an activating group) is 2. The van der Waals surface area contributed by atoms with Crippen LogP contribution < -0.4 is 41.3 Å². The molecule has 2 aliphatic heterocycles. The first-order valence-corrected chi connectivity index (χ1v) is 46.8. The Balaban J connectivity index is 0.544. The van der Waals surface area contributed by atoms with Crippen molar-refractivity contribution in [1.29, 1.82) is 0 Å². The molecule has 12 atom stereocenters. The molecule has 654 valence electrons. The molecule has 26 nitrogen and oxygen atoms in total. The number of benzene rings is 4. The summed E-state index contributed by atoms with van der Waals surface area (Å²) < 4.78 is 98.7. The van der Waals surface area contributed by atoms with Crippen LogP contribution in [-0.4, -0.2) is 234 Å². The number of rotatable bonds is 45. The molecule has 0 spiro atoms. The average molecular weight is 1760 g/mol. The molecule has 0 radical (unpaired) electrons. The number of carbonyl (C=O) groups is 4. The van der Waals surface area contributed by atoms with Gasteiger partial charge in [0.1, 0.15) is 6.10 Å². The van der Waals surface area contributed by atoms with E-state index in [2.05, 4.69) is 91.8 Å². The molecule has 7 amide bonds. The fraction of sp³-hybridized carbons (Fsp3) is 0.651. The minimum atomic E-state index is -3.86. The van der Waals surface area contributed by atoms with Gasteiger partial charge in [0, 0.05) is 130 Å². The van der Waals surface area contributed by atoms with E-state index in [9.17, 15) is 36.0 Å². The van der Waals surface area contributed by atoms with Crippen molar-refractivity contribution in [1.82, 2.24) is 56.0 Å². The normalized spacial score (nSPS) is 24.2. The van der Waals surface area contributed by atoms with Crippen molar-refractivity contribution >= 4 is 90.6 Å². The number of hydrogen-bond donors (Lipinski definition) is 8. The summed E-state index contributed by atoms with van der Waals surface area (Å²) in [5.41, 5.74) is 7.72. The lowest BCUT2D eigenvalue weighted by Gasteiger charge is -2.58. The number of fused-ring (bicyclic) bond motifs is 10. The number of nitrogens with one attached hydrogen (secondary N) is 8. The van der Waals surface area contributed by atoms with E-state index in [1.54, 1.807) is 48.5 Å². The molecule has 7 aliphatic rings. The molecule has 4 aromatic carbocycles. The predicted molar refractivity (Wildman–Crippen MR) is 459 cm³/mol. The van der Waals surface area contributed by atoms with Crippen LogP contribution in [0.5, 0.6) is 0 Å². The second-order valence-electron chi connectivity index (χ2n) is 33.8. The number of amides is 7. The maximum Gasteiger partial charge on any atom is 0.407 e. The average Bonchev–Trinajstić information content (AvgIpc) is 1.51. The minimum Gasteiger partial charge on any atom is -0.446 e. The van der Waals surface area contributed by atoms with Crippen LogP contribution in [0.15, 0.2) is 94.2 Å². The van der Waals surface area contributed by atoms with Gasteiger partial charge in [0.25, 0.3) is 0 Å². The molecule has 4 saturated carbocycles. The zero-order valence-corrected chi connectivity index (χ0v) is 74.3. The van der Waals surface area contributed by atoms with Gasteiger partial charge in [-0.2, -0.15) is 0 Å². The molecule has 8 N–H and O–H groups in total. The Labute approximate surface area is 718 Å². The molecule has 4 fully saturated rings. The van der Waals surface area contributed by atoms with Gasteiger partial charge < -0.3 is 79.8 Å². The van der Waals surface area contributed by atoms with Crippen LogP contribution in [0.25, 0.3) is 0 Å². The van der Waals surface area contributed by atoms with Gasteiger partial charge >= 0.3 is 24.2 Å². The van der Waals surface area contributed by atoms with Crippen molar-refractivity contribution in [3.8, 4) is 0 Å². The lowest BCUT2D eigenvalue weighted by atomic mass is 9.47. The van der Waals surface area contributed by atoms with Gasteiger partial charge in [-0.05, 0) is 193 Å². The van der Waals surface area contributed by atoms with Crippen LogP contribution >= 0.6 is 46.4 Å². The van der Waals surface area contributed by atoms with E-state index in [0.717, 1.165) is 100.0 Å². The molecule has 5 aliphatic carbocycles. The van der Waals surface area contributed by atoms with Gasteiger partial charge in [-0.15, -0.1) is 0 Å². The molecule has 2 heterocycles. The first kappa shape index (κ1) is 93.1. The molecule has 11 rings (SSSR count). The lowest BCUT2D eigenvalue weighted by molar-refractivity contribution is -0.0663. The summed E-state index contributed by atoms with van der Waals surface area (Å²) in [5.74, 6) is 6.18. The predicted octanol–water partition coefficient (Wildman–Crippen LogP) is 12.4. The van der Waals surface area contributed by atoms with E-state index < -0.39 is 44.2 Å². The highest BCUT2D eigenvalue weighted by atomic mass is 35.5. The van der Waals surface area contributed by atoms with Crippen LogP contribution in [0.4, 0.5) is 19.2 Å². The van der Waals surface area contributed by atoms with Crippen LogP contribution in [-0.2, 0) is 66.3 Å².